The Morgan fingerprint density at radius 2 is 1.80 bits per heavy atom. The summed E-state index contributed by atoms with van der Waals surface area (Å²) in [5, 5.41) is 10.4. The fourth-order valence-electron chi connectivity index (χ4n) is 2.47. The zero-order chi connectivity index (χ0) is 10.7. The molecule has 1 aromatic rings. The lowest BCUT2D eigenvalue weighted by atomic mass is 9.81. The summed E-state index contributed by atoms with van der Waals surface area (Å²) in [5.74, 6) is 0.0948. The summed E-state index contributed by atoms with van der Waals surface area (Å²) < 4.78 is 0. The molecular weight excluding hydrogens is 188 g/mol. The minimum atomic E-state index is -1.27. The quantitative estimate of drug-likeness (QED) is 0.767. The number of benzene rings is 1. The average molecular weight is 204 g/mol. The Kier molecular flexibility index (Phi) is 2.87. The number of carbonyl (C=O) groups is 1. The molecule has 1 fully saturated rings. The molecule has 1 atom stereocenters. The van der Waals surface area contributed by atoms with Crippen molar-refractivity contribution in [3.63, 3.8) is 0 Å². The smallest absolute Gasteiger partial charge is 0.156 e. The van der Waals surface area contributed by atoms with E-state index in [0.29, 0.717) is 6.29 Å². The van der Waals surface area contributed by atoms with Crippen molar-refractivity contribution in [3.05, 3.63) is 35.9 Å². The minimum Gasteiger partial charge on any atom is -0.377 e. The van der Waals surface area contributed by atoms with Crippen molar-refractivity contribution in [1.82, 2.24) is 0 Å². The first-order valence-corrected chi connectivity index (χ1v) is 5.51. The molecule has 0 spiro atoms. The molecule has 1 aromatic carbocycles. The molecule has 1 aliphatic rings. The molecule has 0 saturated heterocycles. The van der Waals surface area contributed by atoms with Crippen LogP contribution in [0.25, 0.3) is 0 Å². The topological polar surface area (TPSA) is 37.3 Å². The third kappa shape index (κ3) is 1.82. The van der Waals surface area contributed by atoms with Gasteiger partial charge in [-0.25, -0.2) is 0 Å². The summed E-state index contributed by atoms with van der Waals surface area (Å²) in [7, 11) is 0. The molecule has 1 saturated carbocycles. The van der Waals surface area contributed by atoms with Crippen molar-refractivity contribution in [3.8, 4) is 0 Å². The lowest BCUT2D eigenvalue weighted by Gasteiger charge is -2.28. The molecule has 1 N–H and O–H groups in total. The number of aliphatic hydroxyl groups is 1. The summed E-state index contributed by atoms with van der Waals surface area (Å²) in [5.41, 5.74) is -0.537. The summed E-state index contributed by atoms with van der Waals surface area (Å²) in [6, 6.07) is 9.26. The van der Waals surface area contributed by atoms with Crippen LogP contribution in [0.15, 0.2) is 30.3 Å². The first-order chi connectivity index (χ1) is 7.27. The molecule has 80 valence electrons. The van der Waals surface area contributed by atoms with Gasteiger partial charge >= 0.3 is 0 Å². The molecule has 2 nitrogen and oxygen atoms in total. The van der Waals surface area contributed by atoms with Crippen molar-refractivity contribution >= 4 is 6.29 Å². The van der Waals surface area contributed by atoms with Gasteiger partial charge in [-0.15, -0.1) is 0 Å². The van der Waals surface area contributed by atoms with Gasteiger partial charge in [0.05, 0.1) is 0 Å². The van der Waals surface area contributed by atoms with Crippen LogP contribution >= 0.6 is 0 Å². The maximum Gasteiger partial charge on any atom is 0.156 e. The number of rotatable bonds is 3. The fourth-order valence-corrected chi connectivity index (χ4v) is 2.47. The molecule has 0 aliphatic heterocycles. The molecule has 0 heterocycles. The van der Waals surface area contributed by atoms with Crippen molar-refractivity contribution in [1.29, 1.82) is 0 Å². The maximum absolute atomic E-state index is 11.2. The van der Waals surface area contributed by atoms with Crippen LogP contribution in [0.4, 0.5) is 0 Å². The molecule has 1 aliphatic carbocycles. The van der Waals surface area contributed by atoms with Crippen LogP contribution in [0.5, 0.6) is 0 Å². The normalized spacial score (nSPS) is 21.1. The lowest BCUT2D eigenvalue weighted by molar-refractivity contribution is -0.130. The van der Waals surface area contributed by atoms with Crippen LogP contribution in [-0.2, 0) is 10.4 Å². The Bertz CT molecular complexity index is 328. The molecular formula is C13H16O2. The fraction of sp³-hybridized carbons (Fsp3) is 0.462. The molecule has 15 heavy (non-hydrogen) atoms. The van der Waals surface area contributed by atoms with Gasteiger partial charge in [-0.05, 0) is 24.3 Å². The van der Waals surface area contributed by atoms with E-state index in [1.807, 2.05) is 30.3 Å². The summed E-state index contributed by atoms with van der Waals surface area (Å²) >= 11 is 0. The zero-order valence-corrected chi connectivity index (χ0v) is 8.73. The van der Waals surface area contributed by atoms with Crippen molar-refractivity contribution < 1.29 is 9.90 Å². The van der Waals surface area contributed by atoms with Gasteiger partial charge in [0.25, 0.3) is 0 Å². The van der Waals surface area contributed by atoms with Crippen LogP contribution in [0.3, 0.4) is 0 Å². The molecule has 0 bridgehead atoms. The Hall–Kier alpha value is -1.15. The molecule has 0 aromatic heterocycles. The van der Waals surface area contributed by atoms with Crippen LogP contribution in [0.2, 0.25) is 0 Å². The predicted molar refractivity (Wildman–Crippen MR) is 58.4 cm³/mol. The third-order valence-electron chi connectivity index (χ3n) is 3.39. The largest absolute Gasteiger partial charge is 0.377 e. The van der Waals surface area contributed by atoms with Crippen LogP contribution in [0.1, 0.15) is 31.2 Å². The van der Waals surface area contributed by atoms with E-state index < -0.39 is 5.60 Å². The van der Waals surface area contributed by atoms with Gasteiger partial charge in [0, 0.05) is 0 Å². The lowest BCUT2D eigenvalue weighted by Crippen LogP contribution is -2.35. The Labute approximate surface area is 89.9 Å². The highest BCUT2D eigenvalue weighted by molar-refractivity contribution is 5.66. The summed E-state index contributed by atoms with van der Waals surface area (Å²) in [6.07, 6.45) is 4.84. The van der Waals surface area contributed by atoms with Gasteiger partial charge in [0.1, 0.15) is 5.60 Å². The predicted octanol–water partition coefficient (Wildman–Crippen LogP) is 2.26. The zero-order valence-electron chi connectivity index (χ0n) is 8.73. The monoisotopic (exact) mass is 204 g/mol. The maximum atomic E-state index is 11.2. The molecule has 2 heteroatoms. The second-order valence-electron chi connectivity index (χ2n) is 4.29. The third-order valence-corrected chi connectivity index (χ3v) is 3.39. The SMILES string of the molecule is O=C[C@](O)(c1ccccc1)C1CCCC1. The highest BCUT2D eigenvalue weighted by Crippen LogP contribution is 2.39. The van der Waals surface area contributed by atoms with Crippen molar-refractivity contribution in [2.45, 2.75) is 31.3 Å². The van der Waals surface area contributed by atoms with Gasteiger partial charge in [-0.3, -0.25) is 4.79 Å². The second-order valence-corrected chi connectivity index (χ2v) is 4.29. The van der Waals surface area contributed by atoms with Gasteiger partial charge in [-0.2, -0.15) is 0 Å². The first kappa shape index (κ1) is 10.4. The molecule has 0 unspecified atom stereocenters. The summed E-state index contributed by atoms with van der Waals surface area (Å²) in [6.45, 7) is 0. The first-order valence-electron chi connectivity index (χ1n) is 5.51. The van der Waals surface area contributed by atoms with E-state index in [1.54, 1.807) is 0 Å². The van der Waals surface area contributed by atoms with E-state index in [4.69, 9.17) is 0 Å². The van der Waals surface area contributed by atoms with E-state index in [2.05, 4.69) is 0 Å². The Morgan fingerprint density at radius 1 is 1.20 bits per heavy atom. The van der Waals surface area contributed by atoms with E-state index in [9.17, 15) is 9.90 Å². The van der Waals surface area contributed by atoms with Crippen molar-refractivity contribution in [2.24, 2.45) is 5.92 Å². The highest BCUT2D eigenvalue weighted by atomic mass is 16.3. The molecule has 2 rings (SSSR count). The number of hydrogen-bond donors (Lipinski definition) is 1. The summed E-state index contributed by atoms with van der Waals surface area (Å²) in [4.78, 5) is 11.2. The van der Waals surface area contributed by atoms with E-state index in [0.717, 1.165) is 31.2 Å². The number of hydrogen-bond acceptors (Lipinski definition) is 2. The van der Waals surface area contributed by atoms with Crippen molar-refractivity contribution in [2.75, 3.05) is 0 Å². The molecule has 0 amide bonds. The van der Waals surface area contributed by atoms with E-state index >= 15 is 0 Å². The van der Waals surface area contributed by atoms with Gasteiger partial charge in [-0.1, -0.05) is 43.2 Å². The second kappa shape index (κ2) is 4.15. The minimum absolute atomic E-state index is 0.0948. The van der Waals surface area contributed by atoms with Gasteiger partial charge < -0.3 is 5.11 Å². The van der Waals surface area contributed by atoms with Crippen LogP contribution in [0, 0.1) is 5.92 Å². The number of aldehydes is 1. The number of carbonyl (C=O) groups excluding carboxylic acids is 1. The molecule has 0 radical (unpaired) electrons. The highest BCUT2D eigenvalue weighted by Gasteiger charge is 2.39. The standard InChI is InChI=1S/C13H16O2/c14-10-13(15,12-8-4-5-9-12)11-6-2-1-3-7-11/h1-3,6-7,10,12,15H,4-5,8-9H2/t13-/m0/s1. The van der Waals surface area contributed by atoms with Gasteiger partial charge in [0.2, 0.25) is 0 Å². The van der Waals surface area contributed by atoms with E-state index in [-0.39, 0.29) is 5.92 Å². The van der Waals surface area contributed by atoms with E-state index in [1.165, 1.54) is 0 Å². The Morgan fingerprint density at radius 3 is 2.33 bits per heavy atom. The van der Waals surface area contributed by atoms with Crippen LogP contribution < -0.4 is 0 Å². The Balaban J connectivity index is 2.32. The average Bonchev–Trinajstić information content (AvgIpc) is 2.83. The van der Waals surface area contributed by atoms with Gasteiger partial charge in [0.15, 0.2) is 6.29 Å². The van der Waals surface area contributed by atoms with Crippen LogP contribution in [-0.4, -0.2) is 11.4 Å².